The van der Waals surface area contributed by atoms with Crippen LogP contribution in [0.3, 0.4) is 0 Å². The van der Waals surface area contributed by atoms with E-state index in [2.05, 4.69) is 31.7 Å². The molecule has 0 amide bonds. The van der Waals surface area contributed by atoms with Crippen LogP contribution in [0.15, 0.2) is 0 Å². The maximum atomic E-state index is 8.44. The van der Waals surface area contributed by atoms with Crippen molar-refractivity contribution in [2.45, 2.75) is 32.7 Å². The van der Waals surface area contributed by atoms with Crippen molar-refractivity contribution in [3.8, 4) is 6.07 Å². The molecule has 70 valence electrons. The molecule has 0 aliphatic heterocycles. The summed E-state index contributed by atoms with van der Waals surface area (Å²) in [5, 5.41) is 8.44. The van der Waals surface area contributed by atoms with Crippen molar-refractivity contribution in [1.29, 1.82) is 5.26 Å². The molecule has 0 heterocycles. The summed E-state index contributed by atoms with van der Waals surface area (Å²) < 4.78 is 0. The summed E-state index contributed by atoms with van der Waals surface area (Å²) in [6.45, 7) is 8.70. The van der Waals surface area contributed by atoms with E-state index in [1.165, 1.54) is 0 Å². The van der Waals surface area contributed by atoms with Gasteiger partial charge in [0, 0.05) is 25.0 Å². The van der Waals surface area contributed by atoms with Crippen LogP contribution in [0.25, 0.3) is 0 Å². The smallest absolute Gasteiger partial charge is 0.0635 e. The Kier molecular flexibility index (Phi) is 4.87. The van der Waals surface area contributed by atoms with E-state index in [9.17, 15) is 0 Å². The first kappa shape index (κ1) is 11.4. The second-order valence-electron chi connectivity index (χ2n) is 3.50. The lowest BCUT2D eigenvalue weighted by Gasteiger charge is -2.36. The first-order chi connectivity index (χ1) is 5.58. The normalized spacial score (nSPS) is 11.7. The fourth-order valence-electron chi connectivity index (χ4n) is 1.20. The Bertz CT molecular complexity index is 158. The molecule has 0 aliphatic carbocycles. The molecule has 0 saturated carbocycles. The molecule has 0 saturated heterocycles. The summed E-state index contributed by atoms with van der Waals surface area (Å²) in [5.41, 5.74) is 5.65. The van der Waals surface area contributed by atoms with Crippen LogP contribution in [-0.2, 0) is 0 Å². The van der Waals surface area contributed by atoms with Crippen LogP contribution < -0.4 is 5.73 Å². The van der Waals surface area contributed by atoms with Crippen molar-refractivity contribution in [2.75, 3.05) is 19.6 Å². The van der Waals surface area contributed by atoms with Crippen molar-refractivity contribution in [3.05, 3.63) is 0 Å². The third kappa shape index (κ3) is 3.21. The Labute approximate surface area is 75.2 Å². The molecule has 0 aromatic heterocycles. The number of nitrogens with zero attached hydrogens (tertiary/aromatic N) is 2. The van der Waals surface area contributed by atoms with Gasteiger partial charge >= 0.3 is 0 Å². The summed E-state index contributed by atoms with van der Waals surface area (Å²) in [4.78, 5) is 2.23. The maximum Gasteiger partial charge on any atom is 0.0635 e. The first-order valence-corrected chi connectivity index (χ1v) is 4.40. The summed E-state index contributed by atoms with van der Waals surface area (Å²) in [6, 6.07) is 2.15. The fraction of sp³-hybridized carbons (Fsp3) is 0.889. The molecule has 0 spiro atoms. The zero-order chi connectivity index (χ0) is 9.61. The van der Waals surface area contributed by atoms with E-state index in [-0.39, 0.29) is 5.54 Å². The molecule has 0 atom stereocenters. The number of nitriles is 1. The number of hydrogen-bond acceptors (Lipinski definition) is 3. The molecule has 0 fully saturated rings. The van der Waals surface area contributed by atoms with Crippen molar-refractivity contribution >= 4 is 0 Å². The minimum absolute atomic E-state index is 0.0194. The molecule has 0 radical (unpaired) electrons. The van der Waals surface area contributed by atoms with Gasteiger partial charge < -0.3 is 5.73 Å². The molecule has 0 aromatic rings. The Balaban J connectivity index is 4.06. The van der Waals surface area contributed by atoms with E-state index >= 15 is 0 Å². The van der Waals surface area contributed by atoms with Gasteiger partial charge in [-0.15, -0.1) is 0 Å². The van der Waals surface area contributed by atoms with Gasteiger partial charge in [-0.25, -0.2) is 0 Å². The highest BCUT2D eigenvalue weighted by atomic mass is 15.2. The SMILES string of the molecule is CCN(CCC#N)C(C)(C)CN. The van der Waals surface area contributed by atoms with E-state index < -0.39 is 0 Å². The number of likely N-dealkylation sites (N-methyl/N-ethyl adjacent to an activating group) is 1. The van der Waals surface area contributed by atoms with E-state index in [0.29, 0.717) is 13.0 Å². The van der Waals surface area contributed by atoms with Crippen LogP contribution in [0, 0.1) is 11.3 Å². The lowest BCUT2D eigenvalue weighted by Crippen LogP contribution is -2.49. The largest absolute Gasteiger partial charge is 0.329 e. The molecular formula is C9H19N3. The molecule has 2 N–H and O–H groups in total. The van der Waals surface area contributed by atoms with Crippen molar-refractivity contribution in [2.24, 2.45) is 5.73 Å². The predicted octanol–water partition coefficient (Wildman–Crippen LogP) is 0.959. The van der Waals surface area contributed by atoms with Crippen LogP contribution in [-0.4, -0.2) is 30.1 Å². The number of nitrogens with two attached hydrogens (primary N) is 1. The summed E-state index contributed by atoms with van der Waals surface area (Å²) in [6.07, 6.45) is 0.581. The average molecular weight is 169 g/mol. The van der Waals surface area contributed by atoms with Crippen molar-refractivity contribution in [1.82, 2.24) is 4.90 Å². The van der Waals surface area contributed by atoms with Crippen molar-refractivity contribution < 1.29 is 0 Å². The number of rotatable bonds is 5. The second kappa shape index (κ2) is 5.13. The summed E-state index contributed by atoms with van der Waals surface area (Å²) in [7, 11) is 0. The van der Waals surface area contributed by atoms with Gasteiger partial charge in [0.05, 0.1) is 6.07 Å². The Hall–Kier alpha value is -0.590. The van der Waals surface area contributed by atoms with Crippen LogP contribution in [0.5, 0.6) is 0 Å². The molecule has 3 heteroatoms. The predicted molar refractivity (Wildman–Crippen MR) is 50.6 cm³/mol. The standard InChI is InChI=1S/C9H19N3/c1-4-12(7-5-6-10)9(2,3)8-11/h4-5,7-8,11H2,1-3H3. The highest BCUT2D eigenvalue weighted by Gasteiger charge is 2.22. The molecule has 3 nitrogen and oxygen atoms in total. The Morgan fingerprint density at radius 3 is 2.42 bits per heavy atom. The quantitative estimate of drug-likeness (QED) is 0.667. The second-order valence-corrected chi connectivity index (χ2v) is 3.50. The minimum Gasteiger partial charge on any atom is -0.329 e. The fourth-order valence-corrected chi connectivity index (χ4v) is 1.20. The highest BCUT2D eigenvalue weighted by Crippen LogP contribution is 2.11. The van der Waals surface area contributed by atoms with Gasteiger partial charge in [-0.2, -0.15) is 5.26 Å². The van der Waals surface area contributed by atoms with Crippen LogP contribution in [0.4, 0.5) is 0 Å². The molecule has 0 aromatic carbocycles. The summed E-state index contributed by atoms with van der Waals surface area (Å²) in [5.74, 6) is 0. The average Bonchev–Trinajstić information content (AvgIpc) is 2.05. The first-order valence-electron chi connectivity index (χ1n) is 4.40. The minimum atomic E-state index is 0.0194. The molecular weight excluding hydrogens is 150 g/mol. The Morgan fingerprint density at radius 1 is 1.50 bits per heavy atom. The molecule has 0 bridgehead atoms. The van der Waals surface area contributed by atoms with Crippen LogP contribution >= 0.6 is 0 Å². The zero-order valence-corrected chi connectivity index (χ0v) is 8.30. The molecule has 0 unspecified atom stereocenters. The Morgan fingerprint density at radius 2 is 2.08 bits per heavy atom. The third-order valence-electron chi connectivity index (χ3n) is 2.23. The van der Waals surface area contributed by atoms with E-state index in [0.717, 1.165) is 13.1 Å². The lowest BCUT2D eigenvalue weighted by molar-refractivity contribution is 0.138. The van der Waals surface area contributed by atoms with Crippen molar-refractivity contribution in [3.63, 3.8) is 0 Å². The van der Waals surface area contributed by atoms with E-state index in [1.54, 1.807) is 0 Å². The van der Waals surface area contributed by atoms with E-state index in [4.69, 9.17) is 11.0 Å². The third-order valence-corrected chi connectivity index (χ3v) is 2.23. The van der Waals surface area contributed by atoms with Gasteiger partial charge in [0.1, 0.15) is 0 Å². The monoisotopic (exact) mass is 169 g/mol. The van der Waals surface area contributed by atoms with Gasteiger partial charge in [-0.3, -0.25) is 4.90 Å². The topological polar surface area (TPSA) is 53.0 Å². The van der Waals surface area contributed by atoms with Crippen LogP contribution in [0.1, 0.15) is 27.2 Å². The zero-order valence-electron chi connectivity index (χ0n) is 8.30. The van der Waals surface area contributed by atoms with Crippen LogP contribution in [0.2, 0.25) is 0 Å². The molecule has 12 heavy (non-hydrogen) atoms. The molecule has 0 aliphatic rings. The number of hydrogen-bond donors (Lipinski definition) is 1. The maximum absolute atomic E-state index is 8.44. The van der Waals surface area contributed by atoms with E-state index in [1.807, 2.05) is 0 Å². The van der Waals surface area contributed by atoms with Gasteiger partial charge in [-0.05, 0) is 20.4 Å². The van der Waals surface area contributed by atoms with Gasteiger partial charge in [-0.1, -0.05) is 6.92 Å². The van der Waals surface area contributed by atoms with Gasteiger partial charge in [0.25, 0.3) is 0 Å². The molecule has 0 rings (SSSR count). The highest BCUT2D eigenvalue weighted by molar-refractivity contribution is 4.84. The lowest BCUT2D eigenvalue weighted by atomic mass is 10.0. The van der Waals surface area contributed by atoms with Gasteiger partial charge in [0.15, 0.2) is 0 Å². The summed E-state index contributed by atoms with van der Waals surface area (Å²) >= 11 is 0. The van der Waals surface area contributed by atoms with Gasteiger partial charge in [0.2, 0.25) is 0 Å².